The fourth-order valence-electron chi connectivity index (χ4n) is 3.64. The number of hydrogen-bond donors (Lipinski definition) is 1. The molecule has 1 atom stereocenters. The van der Waals surface area contributed by atoms with Crippen molar-refractivity contribution in [2.75, 3.05) is 49.1 Å². The van der Waals surface area contributed by atoms with E-state index in [1.54, 1.807) is 4.90 Å². The van der Waals surface area contributed by atoms with Crippen molar-refractivity contribution in [2.45, 2.75) is 31.9 Å². The van der Waals surface area contributed by atoms with Gasteiger partial charge in [-0.2, -0.15) is 5.06 Å². The smallest absolute Gasteiger partial charge is 0.414 e. The molecule has 4 rings (SSSR count). The Morgan fingerprint density at radius 3 is 2.59 bits per heavy atom. The lowest BCUT2D eigenvalue weighted by atomic mass is 10.2. The first-order chi connectivity index (χ1) is 13.9. The maximum Gasteiger partial charge on any atom is 0.414 e. The van der Waals surface area contributed by atoms with Crippen molar-refractivity contribution in [3.63, 3.8) is 0 Å². The molecule has 0 unspecified atom stereocenters. The first kappa shape index (κ1) is 19.8. The number of anilines is 2. The summed E-state index contributed by atoms with van der Waals surface area (Å²) >= 11 is 0. The molecule has 2 heterocycles. The van der Waals surface area contributed by atoms with Gasteiger partial charge < -0.3 is 15.0 Å². The highest BCUT2D eigenvalue weighted by Crippen LogP contribution is 2.32. The number of carbonyl (C=O) groups excluding carboxylic acids is 2. The van der Waals surface area contributed by atoms with Crippen LogP contribution in [0.5, 0.6) is 0 Å². The van der Waals surface area contributed by atoms with Crippen LogP contribution in [0.2, 0.25) is 0 Å². The lowest BCUT2D eigenvalue weighted by molar-refractivity contribution is -0.154. The van der Waals surface area contributed by atoms with Crippen LogP contribution in [0, 0.1) is 11.6 Å². The van der Waals surface area contributed by atoms with Crippen LogP contribution in [0.1, 0.15) is 19.8 Å². The SMILES string of the molecule is CC(=O)NC[C@H]1CN(c2cc(F)c(N3CCON(C4CC4)CC3)c(F)c2)C(=O)O1. The predicted molar refractivity (Wildman–Crippen MR) is 101 cm³/mol. The molecule has 1 aromatic carbocycles. The van der Waals surface area contributed by atoms with E-state index in [-0.39, 0.29) is 30.4 Å². The minimum Gasteiger partial charge on any atom is -0.442 e. The maximum atomic E-state index is 14.9. The molecule has 0 aromatic heterocycles. The minimum atomic E-state index is -0.738. The summed E-state index contributed by atoms with van der Waals surface area (Å²) in [5.41, 5.74) is -0.0258. The van der Waals surface area contributed by atoms with Gasteiger partial charge in [-0.3, -0.25) is 14.5 Å². The van der Waals surface area contributed by atoms with Gasteiger partial charge >= 0.3 is 6.09 Å². The highest BCUT2D eigenvalue weighted by Gasteiger charge is 2.35. The van der Waals surface area contributed by atoms with Crippen LogP contribution in [-0.2, 0) is 14.4 Å². The summed E-state index contributed by atoms with van der Waals surface area (Å²) in [4.78, 5) is 31.6. The highest BCUT2D eigenvalue weighted by molar-refractivity contribution is 5.90. The number of rotatable bonds is 5. The summed E-state index contributed by atoms with van der Waals surface area (Å²) in [5.74, 6) is -1.72. The second-order valence-electron chi connectivity index (χ2n) is 7.50. The molecule has 158 valence electrons. The average Bonchev–Trinajstić information content (AvgIpc) is 3.45. The summed E-state index contributed by atoms with van der Waals surface area (Å²) in [7, 11) is 0. The molecule has 1 aliphatic carbocycles. The maximum absolute atomic E-state index is 14.9. The second kappa shape index (κ2) is 8.11. The third kappa shape index (κ3) is 4.43. The van der Waals surface area contributed by atoms with E-state index in [1.807, 2.05) is 5.06 Å². The van der Waals surface area contributed by atoms with Gasteiger partial charge in [-0.1, -0.05) is 0 Å². The molecule has 3 aliphatic rings. The molecule has 2 amide bonds. The summed E-state index contributed by atoms with van der Waals surface area (Å²) < 4.78 is 34.9. The first-order valence-electron chi connectivity index (χ1n) is 9.78. The Kier molecular flexibility index (Phi) is 5.55. The Hall–Kier alpha value is -2.46. The van der Waals surface area contributed by atoms with E-state index in [2.05, 4.69) is 5.32 Å². The van der Waals surface area contributed by atoms with Crippen LogP contribution in [-0.4, -0.2) is 68.5 Å². The topological polar surface area (TPSA) is 74.4 Å². The third-order valence-corrected chi connectivity index (χ3v) is 5.25. The molecule has 1 saturated carbocycles. The fraction of sp³-hybridized carbons (Fsp3) is 0.579. The second-order valence-corrected chi connectivity index (χ2v) is 7.50. The number of nitrogens with zero attached hydrogens (tertiary/aromatic N) is 3. The number of cyclic esters (lactones) is 1. The monoisotopic (exact) mass is 410 g/mol. The standard InChI is InChI=1S/C19H24F2N4O4/c1-12(26)22-10-15-11-24(19(27)29-15)14-8-16(20)18(17(21)9-14)23-4-5-25(13-2-3-13)28-7-6-23/h8-9,13,15H,2-7,10-11H2,1H3,(H,22,26)/t15-/m0/s1. The molecule has 1 aromatic rings. The quantitative estimate of drug-likeness (QED) is 0.796. The van der Waals surface area contributed by atoms with Gasteiger partial charge in [0.05, 0.1) is 25.4 Å². The van der Waals surface area contributed by atoms with Crippen molar-refractivity contribution in [1.82, 2.24) is 10.4 Å². The number of amides is 2. The first-order valence-corrected chi connectivity index (χ1v) is 9.78. The summed E-state index contributed by atoms with van der Waals surface area (Å²) in [6.07, 6.45) is 0.905. The van der Waals surface area contributed by atoms with E-state index in [0.717, 1.165) is 25.0 Å². The third-order valence-electron chi connectivity index (χ3n) is 5.25. The minimum absolute atomic E-state index is 0.0877. The number of halogens is 2. The van der Waals surface area contributed by atoms with Crippen molar-refractivity contribution in [3.05, 3.63) is 23.8 Å². The molecular formula is C19H24F2N4O4. The van der Waals surface area contributed by atoms with E-state index in [9.17, 15) is 18.4 Å². The van der Waals surface area contributed by atoms with E-state index in [1.165, 1.54) is 11.8 Å². The van der Waals surface area contributed by atoms with E-state index < -0.39 is 23.8 Å². The van der Waals surface area contributed by atoms with Gasteiger partial charge in [-0.15, -0.1) is 0 Å². The van der Waals surface area contributed by atoms with Crippen LogP contribution in [0.4, 0.5) is 25.0 Å². The molecular weight excluding hydrogens is 386 g/mol. The van der Waals surface area contributed by atoms with Gasteiger partial charge in [0.2, 0.25) is 5.91 Å². The van der Waals surface area contributed by atoms with Crippen molar-refractivity contribution < 1.29 is 27.9 Å². The zero-order valence-corrected chi connectivity index (χ0v) is 16.2. The molecule has 2 saturated heterocycles. The van der Waals surface area contributed by atoms with Crippen molar-refractivity contribution in [3.8, 4) is 0 Å². The lowest BCUT2D eigenvalue weighted by Crippen LogP contribution is -2.33. The van der Waals surface area contributed by atoms with Gasteiger partial charge in [-0.25, -0.2) is 13.6 Å². The highest BCUT2D eigenvalue weighted by atomic mass is 19.1. The molecule has 29 heavy (non-hydrogen) atoms. The Balaban J connectivity index is 1.47. The number of ether oxygens (including phenoxy) is 1. The van der Waals surface area contributed by atoms with Crippen LogP contribution in [0.3, 0.4) is 0 Å². The number of nitrogens with one attached hydrogen (secondary N) is 1. The van der Waals surface area contributed by atoms with Gasteiger partial charge in [0.25, 0.3) is 0 Å². The Bertz CT molecular complexity index is 781. The molecule has 2 aliphatic heterocycles. The van der Waals surface area contributed by atoms with Crippen LogP contribution in [0.25, 0.3) is 0 Å². The zero-order valence-electron chi connectivity index (χ0n) is 16.2. The summed E-state index contributed by atoms with van der Waals surface area (Å²) in [6.45, 7) is 3.37. The van der Waals surface area contributed by atoms with E-state index in [0.29, 0.717) is 32.3 Å². The van der Waals surface area contributed by atoms with Crippen molar-refractivity contribution in [1.29, 1.82) is 0 Å². The Labute approximate surface area is 167 Å². The Morgan fingerprint density at radius 2 is 1.93 bits per heavy atom. The molecule has 1 N–H and O–H groups in total. The van der Waals surface area contributed by atoms with Crippen molar-refractivity contribution >= 4 is 23.4 Å². The predicted octanol–water partition coefficient (Wildman–Crippen LogP) is 1.64. The summed E-state index contributed by atoms with van der Waals surface area (Å²) in [5, 5.41) is 4.47. The Morgan fingerprint density at radius 1 is 1.21 bits per heavy atom. The summed E-state index contributed by atoms with van der Waals surface area (Å²) in [6, 6.07) is 2.70. The molecule has 3 fully saturated rings. The molecule has 0 radical (unpaired) electrons. The fourth-order valence-corrected chi connectivity index (χ4v) is 3.64. The normalized spacial score (nSPS) is 23.1. The lowest BCUT2D eigenvalue weighted by Gasteiger charge is -2.24. The van der Waals surface area contributed by atoms with Gasteiger partial charge in [-0.05, 0) is 12.8 Å². The zero-order chi connectivity index (χ0) is 20.5. The number of hydrogen-bond acceptors (Lipinski definition) is 6. The number of benzene rings is 1. The molecule has 8 nitrogen and oxygen atoms in total. The average molecular weight is 410 g/mol. The van der Waals surface area contributed by atoms with Crippen molar-refractivity contribution in [2.24, 2.45) is 0 Å². The number of carbonyl (C=O) groups is 2. The molecule has 0 bridgehead atoms. The largest absolute Gasteiger partial charge is 0.442 e. The van der Waals surface area contributed by atoms with E-state index in [4.69, 9.17) is 9.57 Å². The van der Waals surface area contributed by atoms with Gasteiger partial charge in [0.1, 0.15) is 11.8 Å². The van der Waals surface area contributed by atoms with E-state index >= 15 is 0 Å². The molecule has 0 spiro atoms. The van der Waals surface area contributed by atoms with Crippen LogP contribution in [0.15, 0.2) is 12.1 Å². The molecule has 10 heteroatoms. The van der Waals surface area contributed by atoms with Crippen LogP contribution < -0.4 is 15.1 Å². The van der Waals surface area contributed by atoms with Gasteiger partial charge in [0, 0.05) is 44.7 Å². The van der Waals surface area contributed by atoms with Crippen LogP contribution >= 0.6 is 0 Å². The number of hydroxylamine groups is 2. The van der Waals surface area contributed by atoms with Gasteiger partial charge in [0.15, 0.2) is 11.6 Å².